The Morgan fingerprint density at radius 3 is 2.59 bits per heavy atom. The first kappa shape index (κ1) is 21.9. The second-order valence-electron chi connectivity index (χ2n) is 8.45. The van der Waals surface area contributed by atoms with Crippen LogP contribution in [0.3, 0.4) is 0 Å². The van der Waals surface area contributed by atoms with Crippen molar-refractivity contribution in [1.82, 2.24) is 0 Å². The topological polar surface area (TPSA) is 96.0 Å². The number of esters is 1. The summed E-state index contributed by atoms with van der Waals surface area (Å²) in [5, 5.41) is 1.20. The van der Waals surface area contributed by atoms with E-state index in [4.69, 9.17) is 18.3 Å². The number of carbonyl (C=O) groups excluding carboxylic acids is 1. The fraction of sp³-hybridized carbons (Fsp3) is 0.296. The van der Waals surface area contributed by atoms with Crippen molar-refractivity contribution in [2.24, 2.45) is 5.92 Å². The molecule has 0 spiro atoms. The average molecular weight is 460 g/mol. The van der Waals surface area contributed by atoms with Crippen LogP contribution in [0.2, 0.25) is 0 Å². The Morgan fingerprint density at radius 2 is 1.79 bits per heavy atom. The minimum absolute atomic E-state index is 0.105. The van der Waals surface area contributed by atoms with Gasteiger partial charge in [0, 0.05) is 28.5 Å². The summed E-state index contributed by atoms with van der Waals surface area (Å²) in [7, 11) is 0. The van der Waals surface area contributed by atoms with Gasteiger partial charge in [0.15, 0.2) is 11.3 Å². The summed E-state index contributed by atoms with van der Waals surface area (Å²) in [4.78, 5) is 37.8. The molecule has 0 amide bonds. The molecule has 7 nitrogen and oxygen atoms in total. The molecular formula is C27H24O7. The molecule has 5 rings (SSSR count). The van der Waals surface area contributed by atoms with Gasteiger partial charge in [-0.25, -0.2) is 9.59 Å². The molecule has 2 aromatic carbocycles. The van der Waals surface area contributed by atoms with Gasteiger partial charge in [0.1, 0.15) is 11.3 Å². The molecule has 0 unspecified atom stereocenters. The standard InChI is InChI=1S/C27H24O7/c1-2-31-22-10-6-9-17-13-21(27(30)34-25(17)22)20-15-24(28)33-23-14-18(11-12-19(20)23)32-26(29)16-7-4-3-5-8-16/h6,9-16H,2-5,7-8H2,1H3. The summed E-state index contributed by atoms with van der Waals surface area (Å²) in [6.45, 7) is 2.28. The van der Waals surface area contributed by atoms with E-state index >= 15 is 0 Å². The van der Waals surface area contributed by atoms with Gasteiger partial charge in [-0.05, 0) is 44.0 Å². The van der Waals surface area contributed by atoms with Gasteiger partial charge in [0.2, 0.25) is 0 Å². The second kappa shape index (κ2) is 9.17. The van der Waals surface area contributed by atoms with Crippen molar-refractivity contribution in [3.63, 3.8) is 0 Å². The first-order valence-electron chi connectivity index (χ1n) is 11.5. The van der Waals surface area contributed by atoms with E-state index < -0.39 is 11.3 Å². The Bertz CT molecular complexity index is 1490. The van der Waals surface area contributed by atoms with E-state index in [0.717, 1.165) is 32.1 Å². The van der Waals surface area contributed by atoms with E-state index in [-0.39, 0.29) is 23.0 Å². The van der Waals surface area contributed by atoms with Crippen molar-refractivity contribution in [2.45, 2.75) is 39.0 Å². The van der Waals surface area contributed by atoms with E-state index in [9.17, 15) is 14.4 Å². The highest BCUT2D eigenvalue weighted by Gasteiger charge is 2.23. The zero-order valence-corrected chi connectivity index (χ0v) is 18.8. The van der Waals surface area contributed by atoms with Crippen LogP contribution >= 0.6 is 0 Å². The number of rotatable bonds is 5. The maximum atomic E-state index is 12.9. The molecule has 0 aliphatic heterocycles. The summed E-state index contributed by atoms with van der Waals surface area (Å²) in [5.74, 6) is 0.408. The number of hydrogen-bond acceptors (Lipinski definition) is 7. The minimum atomic E-state index is -0.624. The third-order valence-electron chi connectivity index (χ3n) is 6.19. The molecule has 1 aliphatic carbocycles. The SMILES string of the molecule is CCOc1cccc2cc(-c3cc(=O)oc4cc(OC(=O)C5CCCCC5)ccc34)c(=O)oc12. The molecule has 0 N–H and O–H groups in total. The Balaban J connectivity index is 1.56. The van der Waals surface area contributed by atoms with Gasteiger partial charge in [0.25, 0.3) is 0 Å². The van der Waals surface area contributed by atoms with Gasteiger partial charge in [-0.1, -0.05) is 31.4 Å². The van der Waals surface area contributed by atoms with E-state index in [0.29, 0.717) is 40.0 Å². The monoisotopic (exact) mass is 460 g/mol. The highest BCUT2D eigenvalue weighted by Crippen LogP contribution is 2.32. The van der Waals surface area contributed by atoms with Crippen molar-refractivity contribution in [3.05, 3.63) is 69.4 Å². The number of hydrogen-bond donors (Lipinski definition) is 0. The van der Waals surface area contributed by atoms with Crippen LogP contribution in [0.5, 0.6) is 11.5 Å². The molecule has 1 saturated carbocycles. The normalized spacial score (nSPS) is 14.4. The lowest BCUT2D eigenvalue weighted by atomic mass is 9.89. The Kier molecular flexibility index (Phi) is 5.92. The Hall–Kier alpha value is -3.87. The highest BCUT2D eigenvalue weighted by atomic mass is 16.5. The van der Waals surface area contributed by atoms with E-state index in [1.54, 1.807) is 30.3 Å². The molecule has 34 heavy (non-hydrogen) atoms. The van der Waals surface area contributed by atoms with Crippen molar-refractivity contribution in [3.8, 4) is 22.6 Å². The highest BCUT2D eigenvalue weighted by molar-refractivity contribution is 5.96. The van der Waals surface area contributed by atoms with Crippen LogP contribution < -0.4 is 20.7 Å². The van der Waals surface area contributed by atoms with Crippen LogP contribution in [0.1, 0.15) is 39.0 Å². The molecule has 174 valence electrons. The molecule has 2 heterocycles. The van der Waals surface area contributed by atoms with Crippen molar-refractivity contribution in [2.75, 3.05) is 6.61 Å². The first-order chi connectivity index (χ1) is 16.5. The molecule has 1 fully saturated rings. The number of fused-ring (bicyclic) bond motifs is 2. The van der Waals surface area contributed by atoms with Crippen molar-refractivity contribution in [1.29, 1.82) is 0 Å². The quantitative estimate of drug-likeness (QED) is 0.222. The van der Waals surface area contributed by atoms with Gasteiger partial charge >= 0.3 is 17.2 Å². The second-order valence-corrected chi connectivity index (χ2v) is 8.45. The number of para-hydroxylation sites is 1. The average Bonchev–Trinajstić information content (AvgIpc) is 2.84. The molecule has 0 saturated heterocycles. The molecule has 1 aliphatic rings. The maximum Gasteiger partial charge on any atom is 0.344 e. The Morgan fingerprint density at radius 1 is 0.971 bits per heavy atom. The van der Waals surface area contributed by atoms with Crippen LogP contribution in [-0.4, -0.2) is 12.6 Å². The number of carbonyl (C=O) groups is 1. The zero-order valence-electron chi connectivity index (χ0n) is 18.8. The largest absolute Gasteiger partial charge is 0.490 e. The summed E-state index contributed by atoms with van der Waals surface area (Å²) >= 11 is 0. The van der Waals surface area contributed by atoms with Crippen molar-refractivity contribution >= 4 is 27.9 Å². The lowest BCUT2D eigenvalue weighted by Crippen LogP contribution is -2.22. The van der Waals surface area contributed by atoms with Crippen LogP contribution in [0, 0.1) is 5.92 Å². The van der Waals surface area contributed by atoms with Crippen LogP contribution in [0.4, 0.5) is 0 Å². The van der Waals surface area contributed by atoms with Crippen molar-refractivity contribution < 1.29 is 23.1 Å². The van der Waals surface area contributed by atoms with Crippen LogP contribution in [-0.2, 0) is 4.79 Å². The van der Waals surface area contributed by atoms with Crippen LogP contribution in [0.25, 0.3) is 33.1 Å². The smallest absolute Gasteiger partial charge is 0.344 e. The van der Waals surface area contributed by atoms with Gasteiger partial charge in [-0.3, -0.25) is 4.79 Å². The maximum absolute atomic E-state index is 12.9. The third-order valence-corrected chi connectivity index (χ3v) is 6.19. The summed E-state index contributed by atoms with van der Waals surface area (Å²) < 4.78 is 22.1. The fourth-order valence-electron chi connectivity index (χ4n) is 4.54. The first-order valence-corrected chi connectivity index (χ1v) is 11.5. The number of benzene rings is 2. The summed E-state index contributed by atoms with van der Waals surface area (Å²) in [5.41, 5.74) is -0.0404. The Labute approximate surface area is 194 Å². The zero-order chi connectivity index (χ0) is 23.7. The molecule has 7 heteroatoms. The van der Waals surface area contributed by atoms with E-state index in [1.165, 1.54) is 12.1 Å². The number of ether oxygens (including phenoxy) is 2. The van der Waals surface area contributed by atoms with Crippen LogP contribution in [0.15, 0.2) is 67.0 Å². The van der Waals surface area contributed by atoms with E-state index in [1.807, 2.05) is 13.0 Å². The molecule has 4 aromatic rings. The van der Waals surface area contributed by atoms with E-state index in [2.05, 4.69) is 0 Å². The van der Waals surface area contributed by atoms with Gasteiger partial charge in [-0.2, -0.15) is 0 Å². The van der Waals surface area contributed by atoms with Gasteiger partial charge in [0.05, 0.1) is 18.1 Å². The molecule has 2 aromatic heterocycles. The molecular weight excluding hydrogens is 436 g/mol. The van der Waals surface area contributed by atoms with Gasteiger partial charge in [-0.15, -0.1) is 0 Å². The lowest BCUT2D eigenvalue weighted by molar-refractivity contribution is -0.139. The van der Waals surface area contributed by atoms with Gasteiger partial charge < -0.3 is 18.3 Å². The predicted molar refractivity (Wildman–Crippen MR) is 127 cm³/mol. The summed E-state index contributed by atoms with van der Waals surface area (Å²) in [6, 6.07) is 13.1. The fourth-order valence-corrected chi connectivity index (χ4v) is 4.54. The lowest BCUT2D eigenvalue weighted by Gasteiger charge is -2.19. The predicted octanol–water partition coefficient (Wildman–Crippen LogP) is 5.45. The molecule has 0 radical (unpaired) electrons. The molecule has 0 atom stereocenters. The molecule has 0 bridgehead atoms. The third kappa shape index (κ3) is 4.21. The summed E-state index contributed by atoms with van der Waals surface area (Å²) in [6.07, 6.45) is 4.85. The minimum Gasteiger partial charge on any atom is -0.490 e.